The van der Waals surface area contributed by atoms with Crippen molar-refractivity contribution in [3.8, 4) is 23.0 Å². The Hall–Kier alpha value is -3.15. The molecule has 6 heteroatoms. The molecule has 27 heavy (non-hydrogen) atoms. The van der Waals surface area contributed by atoms with Crippen LogP contribution in [0, 0.1) is 0 Å². The van der Waals surface area contributed by atoms with Gasteiger partial charge in [0.1, 0.15) is 11.9 Å². The highest BCUT2D eigenvalue weighted by Gasteiger charge is 2.25. The first kappa shape index (κ1) is 18.6. The van der Waals surface area contributed by atoms with E-state index in [1.807, 2.05) is 36.4 Å². The van der Waals surface area contributed by atoms with Gasteiger partial charge in [-0.15, -0.1) is 0 Å². The number of hydrogen-bond acceptors (Lipinski definition) is 6. The van der Waals surface area contributed by atoms with Crippen LogP contribution in [0.2, 0.25) is 0 Å². The third-order valence-corrected chi connectivity index (χ3v) is 4.48. The SMILES string of the molecule is COc1ccc(C2CC(c3cc(OC)c(OC)c(OC)c3)=CC(=O)O2)cc1. The van der Waals surface area contributed by atoms with Gasteiger partial charge in [-0.3, -0.25) is 0 Å². The minimum absolute atomic E-state index is 0.373. The molecule has 6 nitrogen and oxygen atoms in total. The first-order valence-corrected chi connectivity index (χ1v) is 8.45. The molecule has 0 amide bonds. The summed E-state index contributed by atoms with van der Waals surface area (Å²) in [6, 6.07) is 11.2. The van der Waals surface area contributed by atoms with Gasteiger partial charge in [0, 0.05) is 12.5 Å². The van der Waals surface area contributed by atoms with Gasteiger partial charge in [-0.05, 0) is 41.0 Å². The van der Waals surface area contributed by atoms with Crippen molar-refractivity contribution < 1.29 is 28.5 Å². The molecule has 1 aliphatic rings. The summed E-state index contributed by atoms with van der Waals surface area (Å²) < 4.78 is 26.9. The highest BCUT2D eigenvalue weighted by Crippen LogP contribution is 2.42. The average Bonchev–Trinajstić information content (AvgIpc) is 2.72. The number of methoxy groups -OCH3 is 4. The van der Waals surface area contributed by atoms with Crippen molar-refractivity contribution in [1.29, 1.82) is 0 Å². The molecule has 0 aromatic heterocycles. The van der Waals surface area contributed by atoms with E-state index in [2.05, 4.69) is 0 Å². The summed E-state index contributed by atoms with van der Waals surface area (Å²) in [7, 11) is 6.29. The Bertz CT molecular complexity index is 828. The molecule has 0 saturated heterocycles. The Kier molecular flexibility index (Phi) is 5.54. The third-order valence-electron chi connectivity index (χ3n) is 4.48. The van der Waals surface area contributed by atoms with Crippen LogP contribution < -0.4 is 18.9 Å². The van der Waals surface area contributed by atoms with Crippen LogP contribution in [-0.4, -0.2) is 34.4 Å². The van der Waals surface area contributed by atoms with Crippen molar-refractivity contribution in [2.45, 2.75) is 12.5 Å². The predicted octanol–water partition coefficient (Wildman–Crippen LogP) is 3.79. The smallest absolute Gasteiger partial charge is 0.331 e. The standard InChI is InChI=1S/C21H22O6/c1-23-16-7-5-13(6-8-16)17-9-15(12-20(22)27-17)14-10-18(24-2)21(26-4)19(11-14)25-3/h5-8,10-12,17H,9H2,1-4H3. The first-order chi connectivity index (χ1) is 13.1. The second kappa shape index (κ2) is 8.03. The largest absolute Gasteiger partial charge is 0.497 e. The fourth-order valence-corrected chi connectivity index (χ4v) is 3.09. The normalized spacial score (nSPS) is 16.2. The number of rotatable bonds is 6. The lowest BCUT2D eigenvalue weighted by Crippen LogP contribution is -2.16. The third kappa shape index (κ3) is 3.84. The van der Waals surface area contributed by atoms with E-state index >= 15 is 0 Å². The molecular weight excluding hydrogens is 348 g/mol. The van der Waals surface area contributed by atoms with E-state index in [9.17, 15) is 4.79 Å². The Morgan fingerprint density at radius 1 is 0.889 bits per heavy atom. The Balaban J connectivity index is 1.95. The van der Waals surface area contributed by atoms with E-state index in [0.717, 1.165) is 22.4 Å². The summed E-state index contributed by atoms with van der Waals surface area (Å²) in [5, 5.41) is 0. The molecule has 0 radical (unpaired) electrons. The fourth-order valence-electron chi connectivity index (χ4n) is 3.09. The summed E-state index contributed by atoms with van der Waals surface area (Å²) >= 11 is 0. The maximum Gasteiger partial charge on any atom is 0.331 e. The second-order valence-corrected chi connectivity index (χ2v) is 5.99. The van der Waals surface area contributed by atoms with E-state index in [1.54, 1.807) is 28.4 Å². The van der Waals surface area contributed by atoms with Crippen LogP contribution >= 0.6 is 0 Å². The van der Waals surface area contributed by atoms with Gasteiger partial charge < -0.3 is 23.7 Å². The van der Waals surface area contributed by atoms with Crippen LogP contribution in [0.15, 0.2) is 42.5 Å². The molecule has 1 heterocycles. The van der Waals surface area contributed by atoms with Crippen molar-refractivity contribution in [3.63, 3.8) is 0 Å². The molecular formula is C21H22O6. The molecule has 0 N–H and O–H groups in total. The minimum atomic E-state index is -0.384. The van der Waals surface area contributed by atoms with Crippen LogP contribution in [0.25, 0.3) is 5.57 Å². The fraction of sp³-hybridized carbons (Fsp3) is 0.286. The maximum absolute atomic E-state index is 12.2. The molecule has 1 atom stereocenters. The Morgan fingerprint density at radius 2 is 1.52 bits per heavy atom. The molecule has 2 aromatic carbocycles. The van der Waals surface area contributed by atoms with Crippen molar-refractivity contribution in [2.75, 3.05) is 28.4 Å². The van der Waals surface area contributed by atoms with Gasteiger partial charge >= 0.3 is 5.97 Å². The lowest BCUT2D eigenvalue weighted by molar-refractivity contribution is -0.144. The van der Waals surface area contributed by atoms with Gasteiger partial charge in [-0.25, -0.2) is 4.79 Å². The van der Waals surface area contributed by atoms with Crippen LogP contribution in [-0.2, 0) is 9.53 Å². The van der Waals surface area contributed by atoms with Gasteiger partial charge in [0.05, 0.1) is 28.4 Å². The zero-order valence-electron chi connectivity index (χ0n) is 15.8. The molecule has 2 aromatic rings. The number of ether oxygens (including phenoxy) is 5. The number of hydrogen-bond donors (Lipinski definition) is 0. The van der Waals surface area contributed by atoms with Gasteiger partial charge in [0.25, 0.3) is 0 Å². The summed E-state index contributed by atoms with van der Waals surface area (Å²) in [5.41, 5.74) is 2.56. The summed E-state index contributed by atoms with van der Waals surface area (Å²) in [6.07, 6.45) is 1.67. The highest BCUT2D eigenvalue weighted by atomic mass is 16.5. The molecule has 1 unspecified atom stereocenters. The molecule has 142 valence electrons. The summed E-state index contributed by atoms with van der Waals surface area (Å²) in [6.45, 7) is 0. The molecule has 0 bridgehead atoms. The van der Waals surface area contributed by atoms with E-state index in [4.69, 9.17) is 23.7 Å². The summed E-state index contributed by atoms with van der Waals surface area (Å²) in [4.78, 5) is 12.2. The van der Waals surface area contributed by atoms with Gasteiger partial charge in [0.2, 0.25) is 5.75 Å². The van der Waals surface area contributed by atoms with E-state index in [-0.39, 0.29) is 12.1 Å². The number of carbonyl (C=O) groups is 1. The zero-order chi connectivity index (χ0) is 19.4. The Morgan fingerprint density at radius 3 is 2.04 bits per heavy atom. The predicted molar refractivity (Wildman–Crippen MR) is 101 cm³/mol. The van der Waals surface area contributed by atoms with Crippen molar-refractivity contribution in [2.24, 2.45) is 0 Å². The quantitative estimate of drug-likeness (QED) is 0.721. The summed E-state index contributed by atoms with van der Waals surface area (Å²) in [5.74, 6) is 1.95. The lowest BCUT2D eigenvalue weighted by Gasteiger charge is -2.24. The van der Waals surface area contributed by atoms with Crippen molar-refractivity contribution >= 4 is 11.5 Å². The molecule has 0 saturated carbocycles. The second-order valence-electron chi connectivity index (χ2n) is 5.99. The van der Waals surface area contributed by atoms with Crippen LogP contribution in [0.4, 0.5) is 0 Å². The van der Waals surface area contributed by atoms with Crippen LogP contribution in [0.5, 0.6) is 23.0 Å². The maximum atomic E-state index is 12.2. The lowest BCUT2D eigenvalue weighted by atomic mass is 9.93. The number of benzene rings is 2. The molecule has 0 aliphatic carbocycles. The van der Waals surface area contributed by atoms with Crippen molar-refractivity contribution in [1.82, 2.24) is 0 Å². The highest BCUT2D eigenvalue weighted by molar-refractivity contribution is 5.93. The van der Waals surface area contributed by atoms with E-state index in [0.29, 0.717) is 23.7 Å². The molecule has 3 rings (SSSR count). The van der Waals surface area contributed by atoms with Crippen LogP contribution in [0.1, 0.15) is 23.7 Å². The zero-order valence-corrected chi connectivity index (χ0v) is 15.8. The first-order valence-electron chi connectivity index (χ1n) is 8.45. The minimum Gasteiger partial charge on any atom is -0.497 e. The number of esters is 1. The number of carbonyl (C=O) groups excluding carboxylic acids is 1. The molecule has 1 aliphatic heterocycles. The average molecular weight is 370 g/mol. The molecule has 0 spiro atoms. The van der Waals surface area contributed by atoms with Gasteiger partial charge in [-0.1, -0.05) is 12.1 Å². The Labute approximate surface area is 158 Å². The van der Waals surface area contributed by atoms with Gasteiger partial charge in [-0.2, -0.15) is 0 Å². The van der Waals surface area contributed by atoms with E-state index < -0.39 is 0 Å². The monoisotopic (exact) mass is 370 g/mol. The van der Waals surface area contributed by atoms with Crippen molar-refractivity contribution in [3.05, 3.63) is 53.6 Å². The van der Waals surface area contributed by atoms with E-state index in [1.165, 1.54) is 6.08 Å². The van der Waals surface area contributed by atoms with Gasteiger partial charge in [0.15, 0.2) is 11.5 Å². The number of cyclic esters (lactones) is 1. The van der Waals surface area contributed by atoms with Crippen LogP contribution in [0.3, 0.4) is 0 Å². The topological polar surface area (TPSA) is 63.2 Å². The molecule has 0 fully saturated rings.